The number of hydrogen-bond donors (Lipinski definition) is 1. The molecule has 0 unspecified atom stereocenters. The zero-order valence-electron chi connectivity index (χ0n) is 7.42. The molecule has 1 saturated heterocycles. The van der Waals surface area contributed by atoms with Gasteiger partial charge in [-0.05, 0) is 13.8 Å². The number of amides is 1. The quantitative estimate of drug-likeness (QED) is 0.589. The first-order valence-corrected chi connectivity index (χ1v) is 3.95. The summed E-state index contributed by atoms with van der Waals surface area (Å²) in [6.07, 6.45) is 0. The van der Waals surface area contributed by atoms with Crippen LogP contribution < -0.4 is 5.73 Å². The summed E-state index contributed by atoms with van der Waals surface area (Å²) < 4.78 is 0. The van der Waals surface area contributed by atoms with E-state index in [1.807, 2.05) is 18.7 Å². The zero-order chi connectivity index (χ0) is 8.65. The van der Waals surface area contributed by atoms with Crippen LogP contribution in [0.25, 0.3) is 0 Å². The third-order valence-electron chi connectivity index (χ3n) is 2.38. The van der Waals surface area contributed by atoms with Gasteiger partial charge in [0.05, 0.1) is 0 Å². The summed E-state index contributed by atoms with van der Waals surface area (Å²) in [6.45, 7) is 7.28. The van der Waals surface area contributed by atoms with Crippen molar-refractivity contribution in [3.05, 3.63) is 0 Å². The normalized spacial score (nSPS) is 19.8. The largest absolute Gasteiger partial charge is 0.342 e. The van der Waals surface area contributed by atoms with Crippen molar-refractivity contribution in [1.82, 2.24) is 4.90 Å². The van der Waals surface area contributed by atoms with Crippen LogP contribution in [0.5, 0.6) is 0 Å². The van der Waals surface area contributed by atoms with Crippen molar-refractivity contribution < 1.29 is 4.79 Å². The molecule has 0 radical (unpaired) electrons. The van der Waals surface area contributed by atoms with E-state index in [0.29, 0.717) is 5.92 Å². The molecular weight excluding hydrogens is 140 g/mol. The van der Waals surface area contributed by atoms with Gasteiger partial charge in [-0.1, -0.05) is 0 Å². The fourth-order valence-corrected chi connectivity index (χ4v) is 1.21. The molecule has 0 aliphatic carbocycles. The van der Waals surface area contributed by atoms with Gasteiger partial charge in [0.15, 0.2) is 0 Å². The van der Waals surface area contributed by atoms with E-state index in [1.54, 1.807) is 6.92 Å². The molecule has 2 N–H and O–H groups in total. The Labute approximate surface area is 67.5 Å². The minimum atomic E-state index is -0.133. The van der Waals surface area contributed by atoms with Crippen LogP contribution in [0.4, 0.5) is 0 Å². The van der Waals surface area contributed by atoms with E-state index in [-0.39, 0.29) is 11.4 Å². The van der Waals surface area contributed by atoms with Crippen molar-refractivity contribution in [2.24, 2.45) is 11.7 Å². The summed E-state index contributed by atoms with van der Waals surface area (Å²) in [7, 11) is 0. The number of nitrogens with two attached hydrogens (primary N) is 1. The highest BCUT2D eigenvalue weighted by Crippen LogP contribution is 2.24. The highest BCUT2D eigenvalue weighted by atomic mass is 16.2. The minimum absolute atomic E-state index is 0.133. The zero-order valence-corrected chi connectivity index (χ0v) is 7.42. The summed E-state index contributed by atoms with van der Waals surface area (Å²) >= 11 is 0. The van der Waals surface area contributed by atoms with Crippen LogP contribution in [0.15, 0.2) is 0 Å². The molecule has 11 heavy (non-hydrogen) atoms. The molecule has 1 heterocycles. The van der Waals surface area contributed by atoms with Crippen molar-refractivity contribution in [3.63, 3.8) is 0 Å². The topological polar surface area (TPSA) is 46.3 Å². The SMILES string of the molecule is CC(=O)N1CC(C(C)(C)N)C1. The van der Waals surface area contributed by atoms with Crippen LogP contribution in [0.2, 0.25) is 0 Å². The monoisotopic (exact) mass is 156 g/mol. The van der Waals surface area contributed by atoms with Crippen LogP contribution in [0, 0.1) is 5.92 Å². The lowest BCUT2D eigenvalue weighted by atomic mass is 9.82. The molecular formula is C8H16N2O. The van der Waals surface area contributed by atoms with Crippen molar-refractivity contribution >= 4 is 5.91 Å². The standard InChI is InChI=1S/C8H16N2O/c1-6(11)10-4-7(5-10)8(2,3)9/h7H,4-5,9H2,1-3H3. The fourth-order valence-electron chi connectivity index (χ4n) is 1.21. The number of carbonyl (C=O) groups is 1. The molecule has 0 aromatic rings. The van der Waals surface area contributed by atoms with Gasteiger partial charge < -0.3 is 10.6 Å². The molecule has 1 fully saturated rings. The van der Waals surface area contributed by atoms with Crippen LogP contribution in [0.3, 0.4) is 0 Å². The van der Waals surface area contributed by atoms with Gasteiger partial charge in [0.25, 0.3) is 0 Å². The van der Waals surface area contributed by atoms with Crippen LogP contribution in [0.1, 0.15) is 20.8 Å². The van der Waals surface area contributed by atoms with Gasteiger partial charge in [0.1, 0.15) is 0 Å². The summed E-state index contributed by atoms with van der Waals surface area (Å²) in [5, 5.41) is 0. The van der Waals surface area contributed by atoms with Gasteiger partial charge in [-0.15, -0.1) is 0 Å². The lowest BCUT2D eigenvalue weighted by Gasteiger charge is -2.45. The van der Waals surface area contributed by atoms with E-state index in [9.17, 15) is 4.79 Å². The second kappa shape index (κ2) is 2.48. The Kier molecular flexibility index (Phi) is 1.92. The van der Waals surface area contributed by atoms with Gasteiger partial charge in [0, 0.05) is 31.5 Å². The van der Waals surface area contributed by atoms with E-state index in [1.165, 1.54) is 0 Å². The summed E-state index contributed by atoms with van der Waals surface area (Å²) in [4.78, 5) is 12.6. The smallest absolute Gasteiger partial charge is 0.219 e. The van der Waals surface area contributed by atoms with Crippen LogP contribution >= 0.6 is 0 Å². The third kappa shape index (κ3) is 1.71. The summed E-state index contributed by atoms with van der Waals surface area (Å²) in [6, 6.07) is 0. The number of nitrogens with zero attached hydrogens (tertiary/aromatic N) is 1. The Morgan fingerprint density at radius 2 is 2.00 bits per heavy atom. The van der Waals surface area contributed by atoms with E-state index < -0.39 is 0 Å². The molecule has 1 amide bonds. The lowest BCUT2D eigenvalue weighted by molar-refractivity contribution is -0.136. The van der Waals surface area contributed by atoms with Crippen molar-refractivity contribution in [2.45, 2.75) is 26.3 Å². The van der Waals surface area contributed by atoms with E-state index >= 15 is 0 Å². The van der Waals surface area contributed by atoms with Gasteiger partial charge in [-0.3, -0.25) is 4.79 Å². The van der Waals surface area contributed by atoms with E-state index in [4.69, 9.17) is 5.73 Å². The van der Waals surface area contributed by atoms with Crippen molar-refractivity contribution in [1.29, 1.82) is 0 Å². The van der Waals surface area contributed by atoms with E-state index in [0.717, 1.165) is 13.1 Å². The molecule has 0 bridgehead atoms. The maximum Gasteiger partial charge on any atom is 0.219 e. The Morgan fingerprint density at radius 3 is 2.27 bits per heavy atom. The minimum Gasteiger partial charge on any atom is -0.342 e. The second-order valence-corrected chi connectivity index (χ2v) is 3.94. The maximum atomic E-state index is 10.8. The van der Waals surface area contributed by atoms with Gasteiger partial charge in [0.2, 0.25) is 5.91 Å². The molecule has 0 aromatic heterocycles. The molecule has 3 nitrogen and oxygen atoms in total. The van der Waals surface area contributed by atoms with Crippen LogP contribution in [-0.2, 0) is 4.79 Å². The summed E-state index contributed by atoms with van der Waals surface area (Å²) in [5.74, 6) is 0.636. The molecule has 0 spiro atoms. The number of likely N-dealkylation sites (tertiary alicyclic amines) is 1. The molecule has 64 valence electrons. The number of hydrogen-bond acceptors (Lipinski definition) is 2. The molecule has 1 aliphatic heterocycles. The molecule has 0 aromatic carbocycles. The average molecular weight is 156 g/mol. The Balaban J connectivity index is 2.35. The maximum absolute atomic E-state index is 10.8. The Morgan fingerprint density at radius 1 is 1.55 bits per heavy atom. The fraction of sp³-hybridized carbons (Fsp3) is 0.875. The predicted octanol–water partition coefficient (Wildman–Crippen LogP) is 0.202. The molecule has 1 aliphatic rings. The first-order chi connectivity index (χ1) is 4.91. The van der Waals surface area contributed by atoms with Gasteiger partial charge in [-0.25, -0.2) is 0 Å². The first-order valence-electron chi connectivity index (χ1n) is 3.95. The molecule has 0 saturated carbocycles. The second-order valence-electron chi connectivity index (χ2n) is 3.94. The van der Waals surface area contributed by atoms with Crippen LogP contribution in [-0.4, -0.2) is 29.4 Å². The molecule has 3 heteroatoms. The highest BCUT2D eigenvalue weighted by Gasteiger charge is 2.37. The molecule has 1 rings (SSSR count). The third-order valence-corrected chi connectivity index (χ3v) is 2.38. The van der Waals surface area contributed by atoms with Crippen molar-refractivity contribution in [3.8, 4) is 0 Å². The number of carbonyl (C=O) groups excluding carboxylic acids is 1. The number of rotatable bonds is 1. The Hall–Kier alpha value is -0.570. The van der Waals surface area contributed by atoms with Gasteiger partial charge >= 0.3 is 0 Å². The first kappa shape index (κ1) is 8.53. The lowest BCUT2D eigenvalue weighted by Crippen LogP contribution is -2.60. The predicted molar refractivity (Wildman–Crippen MR) is 44.0 cm³/mol. The highest BCUT2D eigenvalue weighted by molar-refractivity contribution is 5.74. The van der Waals surface area contributed by atoms with Gasteiger partial charge in [-0.2, -0.15) is 0 Å². The average Bonchev–Trinajstić information content (AvgIpc) is 1.51. The Bertz CT molecular complexity index is 165. The van der Waals surface area contributed by atoms with Crippen molar-refractivity contribution in [2.75, 3.05) is 13.1 Å². The van der Waals surface area contributed by atoms with E-state index in [2.05, 4.69) is 0 Å². The summed E-state index contributed by atoms with van der Waals surface area (Å²) in [5.41, 5.74) is 5.73. The molecule has 0 atom stereocenters.